The third-order valence-corrected chi connectivity index (χ3v) is 1.97. The van der Waals surface area contributed by atoms with Crippen molar-refractivity contribution in [2.75, 3.05) is 0 Å². The van der Waals surface area contributed by atoms with Gasteiger partial charge in [0, 0.05) is 0 Å². The van der Waals surface area contributed by atoms with Gasteiger partial charge in [0.25, 0.3) is 0 Å². The Balaban J connectivity index is 2.70. The van der Waals surface area contributed by atoms with Crippen molar-refractivity contribution in [1.82, 2.24) is 0 Å². The molecule has 1 saturated carbocycles. The second kappa shape index (κ2) is 2.32. The van der Waals surface area contributed by atoms with Crippen LogP contribution in [0.5, 0.6) is 0 Å². The van der Waals surface area contributed by atoms with Crippen molar-refractivity contribution in [1.29, 1.82) is 0 Å². The zero-order valence-electron chi connectivity index (χ0n) is 6.00. The molecule has 0 amide bonds. The summed E-state index contributed by atoms with van der Waals surface area (Å²) >= 11 is 0. The Morgan fingerprint density at radius 1 is 1.70 bits per heavy atom. The summed E-state index contributed by atoms with van der Waals surface area (Å²) in [5.74, 6) is -0.432. The molecule has 0 aliphatic heterocycles. The first-order chi connectivity index (χ1) is 4.54. The summed E-state index contributed by atoms with van der Waals surface area (Å²) in [6.45, 7) is 1.46. The molecule has 2 atom stereocenters. The van der Waals surface area contributed by atoms with Crippen LogP contribution in [-0.2, 0) is 4.79 Å². The van der Waals surface area contributed by atoms with Crippen LogP contribution >= 0.6 is 0 Å². The zero-order valence-corrected chi connectivity index (χ0v) is 6.00. The number of hydrogen-bond acceptors (Lipinski definition) is 3. The molecule has 1 aliphatic carbocycles. The molecule has 3 nitrogen and oxygen atoms in total. The molecule has 2 N–H and O–H groups in total. The van der Waals surface area contributed by atoms with Gasteiger partial charge in [-0.05, 0) is 26.2 Å². The highest BCUT2D eigenvalue weighted by atomic mass is 16.3. The Hall–Kier alpha value is -0.410. The van der Waals surface area contributed by atoms with Gasteiger partial charge in [-0.2, -0.15) is 0 Å². The maximum Gasteiger partial charge on any atom is 0.192 e. The molecule has 0 aromatic carbocycles. The number of hydrogen-bond donors (Lipinski definition) is 2. The topological polar surface area (TPSA) is 57.5 Å². The highest BCUT2D eigenvalue weighted by Crippen LogP contribution is 2.24. The Kier molecular flexibility index (Phi) is 1.79. The molecule has 0 heterocycles. The minimum Gasteiger partial charge on any atom is -0.385 e. The highest BCUT2D eigenvalue weighted by molar-refractivity contribution is 5.91. The average molecular weight is 144 g/mol. The molecule has 0 saturated heterocycles. The summed E-state index contributed by atoms with van der Waals surface area (Å²) in [6.07, 6.45) is 0.751. The minimum atomic E-state index is -1.28. The number of aliphatic hydroxyl groups excluding tert-OH is 1. The minimum absolute atomic E-state index is 0.432. The molecular formula is C7H12O3. The van der Waals surface area contributed by atoms with E-state index in [0.29, 0.717) is 12.8 Å². The fourth-order valence-electron chi connectivity index (χ4n) is 1.25. The van der Waals surface area contributed by atoms with E-state index in [9.17, 15) is 9.90 Å². The van der Waals surface area contributed by atoms with Gasteiger partial charge < -0.3 is 10.2 Å². The Morgan fingerprint density at radius 2 is 2.30 bits per heavy atom. The molecule has 0 radical (unpaired) electrons. The zero-order chi connectivity index (χ0) is 7.78. The predicted octanol–water partition coefficient (Wildman–Crippen LogP) is -0.149. The lowest BCUT2D eigenvalue weighted by Crippen LogP contribution is -2.45. The van der Waals surface area contributed by atoms with Crippen LogP contribution in [-0.4, -0.2) is 27.7 Å². The number of carbonyl (C=O) groups excluding carboxylic acids is 1. The standard InChI is InChI=1S/C7H12O3/c1-7(10)4-2-3-5(8)6(7)9/h5,8,10H,2-4H2,1H3. The molecule has 58 valence electrons. The average Bonchev–Trinajstić information content (AvgIpc) is 1.83. The first-order valence-corrected chi connectivity index (χ1v) is 3.49. The van der Waals surface area contributed by atoms with Gasteiger partial charge in [0.1, 0.15) is 11.7 Å². The summed E-state index contributed by atoms with van der Waals surface area (Å²) < 4.78 is 0. The van der Waals surface area contributed by atoms with Crippen molar-refractivity contribution >= 4 is 5.78 Å². The number of carbonyl (C=O) groups is 1. The van der Waals surface area contributed by atoms with Crippen molar-refractivity contribution in [2.24, 2.45) is 0 Å². The number of ketones is 1. The van der Waals surface area contributed by atoms with Crippen LogP contribution in [0.1, 0.15) is 26.2 Å². The van der Waals surface area contributed by atoms with Gasteiger partial charge in [0.2, 0.25) is 0 Å². The second-order valence-electron chi connectivity index (χ2n) is 3.05. The van der Waals surface area contributed by atoms with Crippen LogP contribution in [0.25, 0.3) is 0 Å². The molecular weight excluding hydrogens is 132 g/mol. The summed E-state index contributed by atoms with van der Waals surface area (Å²) in [6, 6.07) is 0. The Labute approximate surface area is 59.7 Å². The van der Waals surface area contributed by atoms with Gasteiger partial charge in [-0.3, -0.25) is 4.79 Å². The molecule has 0 spiro atoms. The predicted molar refractivity (Wildman–Crippen MR) is 35.5 cm³/mol. The fraction of sp³-hybridized carbons (Fsp3) is 0.857. The molecule has 0 aromatic heterocycles. The first-order valence-electron chi connectivity index (χ1n) is 3.49. The number of rotatable bonds is 0. The van der Waals surface area contributed by atoms with E-state index in [0.717, 1.165) is 6.42 Å². The van der Waals surface area contributed by atoms with Gasteiger partial charge in [0.05, 0.1) is 0 Å². The normalized spacial score (nSPS) is 41.9. The monoisotopic (exact) mass is 144 g/mol. The van der Waals surface area contributed by atoms with E-state index >= 15 is 0 Å². The van der Waals surface area contributed by atoms with Crippen LogP contribution in [0.15, 0.2) is 0 Å². The van der Waals surface area contributed by atoms with E-state index in [-0.39, 0.29) is 0 Å². The molecule has 1 fully saturated rings. The fourth-order valence-corrected chi connectivity index (χ4v) is 1.25. The van der Waals surface area contributed by atoms with Gasteiger partial charge >= 0.3 is 0 Å². The summed E-state index contributed by atoms with van der Waals surface area (Å²) in [4.78, 5) is 10.9. The summed E-state index contributed by atoms with van der Waals surface area (Å²) in [5, 5.41) is 18.3. The Morgan fingerprint density at radius 3 is 2.70 bits per heavy atom. The van der Waals surface area contributed by atoms with Gasteiger partial charge in [-0.1, -0.05) is 0 Å². The van der Waals surface area contributed by atoms with E-state index in [1.165, 1.54) is 6.92 Å². The molecule has 1 aliphatic rings. The van der Waals surface area contributed by atoms with E-state index < -0.39 is 17.5 Å². The van der Waals surface area contributed by atoms with Crippen LogP contribution in [0.3, 0.4) is 0 Å². The highest BCUT2D eigenvalue weighted by Gasteiger charge is 2.38. The smallest absolute Gasteiger partial charge is 0.192 e. The molecule has 10 heavy (non-hydrogen) atoms. The molecule has 0 aromatic rings. The molecule has 0 bridgehead atoms. The molecule has 3 heteroatoms. The van der Waals surface area contributed by atoms with Crippen LogP contribution in [0, 0.1) is 0 Å². The maximum atomic E-state index is 10.9. The lowest BCUT2D eigenvalue weighted by molar-refractivity contribution is -0.149. The SMILES string of the molecule is CC1(O)CCCC(O)C1=O. The summed E-state index contributed by atoms with van der Waals surface area (Å²) in [5.41, 5.74) is -1.28. The van der Waals surface area contributed by atoms with Crippen LogP contribution in [0.4, 0.5) is 0 Å². The third-order valence-electron chi connectivity index (χ3n) is 1.97. The van der Waals surface area contributed by atoms with Gasteiger partial charge in [-0.15, -0.1) is 0 Å². The molecule has 2 unspecified atom stereocenters. The van der Waals surface area contributed by atoms with Crippen LogP contribution < -0.4 is 0 Å². The lowest BCUT2D eigenvalue weighted by atomic mass is 9.83. The van der Waals surface area contributed by atoms with E-state index in [2.05, 4.69) is 0 Å². The number of aliphatic hydroxyl groups is 2. The van der Waals surface area contributed by atoms with Crippen molar-refractivity contribution in [2.45, 2.75) is 37.9 Å². The van der Waals surface area contributed by atoms with E-state index in [4.69, 9.17) is 5.11 Å². The van der Waals surface area contributed by atoms with E-state index in [1.54, 1.807) is 0 Å². The van der Waals surface area contributed by atoms with Gasteiger partial charge in [0.15, 0.2) is 5.78 Å². The lowest BCUT2D eigenvalue weighted by Gasteiger charge is -2.29. The number of Topliss-reactive ketones (excluding diaryl/α,β-unsaturated/α-hetero) is 1. The van der Waals surface area contributed by atoms with E-state index in [1.807, 2.05) is 0 Å². The van der Waals surface area contributed by atoms with Crippen molar-refractivity contribution in [3.63, 3.8) is 0 Å². The van der Waals surface area contributed by atoms with Crippen molar-refractivity contribution in [3.05, 3.63) is 0 Å². The largest absolute Gasteiger partial charge is 0.385 e. The third kappa shape index (κ3) is 1.20. The maximum absolute atomic E-state index is 10.9. The van der Waals surface area contributed by atoms with Crippen LogP contribution in [0.2, 0.25) is 0 Å². The van der Waals surface area contributed by atoms with Crippen molar-refractivity contribution in [3.8, 4) is 0 Å². The quantitative estimate of drug-likeness (QED) is 0.497. The molecule has 1 rings (SSSR count). The van der Waals surface area contributed by atoms with Gasteiger partial charge in [-0.25, -0.2) is 0 Å². The van der Waals surface area contributed by atoms with Crippen molar-refractivity contribution < 1.29 is 15.0 Å². The second-order valence-corrected chi connectivity index (χ2v) is 3.05. The Bertz CT molecular complexity index is 151. The first kappa shape index (κ1) is 7.69. The summed E-state index contributed by atoms with van der Waals surface area (Å²) in [7, 11) is 0.